The summed E-state index contributed by atoms with van der Waals surface area (Å²) < 4.78 is 0. The van der Waals surface area contributed by atoms with E-state index < -0.39 is 22.8 Å². The molecular formula is C38H68O6. The predicted octanol–water partition coefficient (Wildman–Crippen LogP) is 10.2. The number of aliphatic hydroxyl groups excluding tert-OH is 2. The van der Waals surface area contributed by atoms with Gasteiger partial charge in [0, 0.05) is 23.0 Å². The SMILES string of the molecule is C1CCCCCCCCC1.C1CCCCCCCCC1.O=C(O)C=CC1(C=CC(=O)O)CCCCCCCCC1(CO)CO. The summed E-state index contributed by atoms with van der Waals surface area (Å²) in [5, 5.41) is 38.2. The van der Waals surface area contributed by atoms with Crippen LogP contribution in [0, 0.1) is 10.8 Å². The lowest BCUT2D eigenvalue weighted by molar-refractivity contribution is -0.132. The monoisotopic (exact) mass is 621 g/mol. The van der Waals surface area contributed by atoms with Gasteiger partial charge < -0.3 is 20.4 Å². The lowest BCUT2D eigenvalue weighted by Crippen LogP contribution is -2.46. The number of hydrogen-bond donors (Lipinski definition) is 4. The first-order chi connectivity index (χ1) is 21.4. The highest BCUT2D eigenvalue weighted by molar-refractivity contribution is 5.81. The van der Waals surface area contributed by atoms with Crippen LogP contribution in [0.3, 0.4) is 0 Å². The van der Waals surface area contributed by atoms with Crippen molar-refractivity contribution in [1.29, 1.82) is 0 Å². The Morgan fingerprint density at radius 3 is 0.864 bits per heavy atom. The first kappa shape index (κ1) is 40.4. The van der Waals surface area contributed by atoms with Gasteiger partial charge >= 0.3 is 11.9 Å². The Morgan fingerprint density at radius 2 is 0.636 bits per heavy atom. The summed E-state index contributed by atoms with van der Waals surface area (Å²) in [7, 11) is 0. The summed E-state index contributed by atoms with van der Waals surface area (Å²) >= 11 is 0. The van der Waals surface area contributed by atoms with Gasteiger partial charge in [-0.05, 0) is 12.8 Å². The summed E-state index contributed by atoms with van der Waals surface area (Å²) in [6.45, 7) is -0.672. The zero-order valence-electron chi connectivity index (χ0n) is 28.1. The van der Waals surface area contributed by atoms with Crippen molar-refractivity contribution in [2.45, 2.75) is 180 Å². The molecule has 0 saturated heterocycles. The van der Waals surface area contributed by atoms with Crippen molar-refractivity contribution in [3.05, 3.63) is 24.3 Å². The molecule has 44 heavy (non-hydrogen) atoms. The molecule has 6 nitrogen and oxygen atoms in total. The molecule has 0 bridgehead atoms. The maximum atomic E-state index is 11.0. The first-order valence-corrected chi connectivity index (χ1v) is 18.5. The summed E-state index contributed by atoms with van der Waals surface area (Å²) in [6, 6.07) is 0. The van der Waals surface area contributed by atoms with Gasteiger partial charge in [0.25, 0.3) is 0 Å². The minimum absolute atomic E-state index is 0.336. The Hall–Kier alpha value is -1.66. The summed E-state index contributed by atoms with van der Waals surface area (Å²) in [6.07, 6.45) is 41.5. The van der Waals surface area contributed by atoms with Crippen molar-refractivity contribution >= 4 is 11.9 Å². The van der Waals surface area contributed by atoms with Crippen LogP contribution < -0.4 is 0 Å². The quantitative estimate of drug-likeness (QED) is 0.220. The lowest BCUT2D eigenvalue weighted by atomic mass is 9.58. The van der Waals surface area contributed by atoms with Gasteiger partial charge in [-0.2, -0.15) is 0 Å². The van der Waals surface area contributed by atoms with Gasteiger partial charge in [-0.1, -0.05) is 179 Å². The molecule has 0 aromatic rings. The molecule has 0 spiro atoms. The normalized spacial score (nSPS) is 25.0. The van der Waals surface area contributed by atoms with Crippen LogP contribution in [0.1, 0.15) is 180 Å². The molecule has 0 aromatic carbocycles. The van der Waals surface area contributed by atoms with Crippen LogP contribution in [0.5, 0.6) is 0 Å². The number of aliphatic hydroxyl groups is 2. The Labute approximate surface area is 269 Å². The summed E-state index contributed by atoms with van der Waals surface area (Å²) in [5.41, 5.74) is -1.99. The first-order valence-electron chi connectivity index (χ1n) is 18.5. The fourth-order valence-electron chi connectivity index (χ4n) is 7.14. The third-order valence-corrected chi connectivity index (χ3v) is 10.1. The van der Waals surface area contributed by atoms with Gasteiger partial charge in [0.15, 0.2) is 0 Å². The molecule has 3 aliphatic rings. The van der Waals surface area contributed by atoms with Crippen LogP contribution >= 0.6 is 0 Å². The van der Waals surface area contributed by atoms with Gasteiger partial charge in [0.1, 0.15) is 0 Å². The van der Waals surface area contributed by atoms with Crippen molar-refractivity contribution in [3.63, 3.8) is 0 Å². The van der Waals surface area contributed by atoms with E-state index in [1.807, 2.05) is 0 Å². The smallest absolute Gasteiger partial charge is 0.328 e. The van der Waals surface area contributed by atoms with Crippen LogP contribution in [-0.2, 0) is 9.59 Å². The van der Waals surface area contributed by atoms with E-state index >= 15 is 0 Å². The second-order valence-corrected chi connectivity index (χ2v) is 13.7. The minimum atomic E-state index is -1.14. The topological polar surface area (TPSA) is 115 Å². The van der Waals surface area contributed by atoms with Gasteiger partial charge in [-0.3, -0.25) is 0 Å². The van der Waals surface area contributed by atoms with E-state index in [4.69, 9.17) is 10.2 Å². The molecule has 0 heterocycles. The Balaban J connectivity index is 0.000000393. The summed E-state index contributed by atoms with van der Waals surface area (Å²) in [4.78, 5) is 22.1. The maximum absolute atomic E-state index is 11.0. The van der Waals surface area contributed by atoms with E-state index in [2.05, 4.69) is 0 Å². The molecule has 3 fully saturated rings. The van der Waals surface area contributed by atoms with Crippen LogP contribution in [0.2, 0.25) is 0 Å². The number of allylic oxidation sites excluding steroid dienone is 2. The number of aliphatic carboxylic acids is 2. The van der Waals surface area contributed by atoms with Gasteiger partial charge in [-0.25, -0.2) is 9.59 Å². The average Bonchev–Trinajstić information content (AvgIpc) is 3.04. The molecule has 0 radical (unpaired) electrons. The molecular weight excluding hydrogens is 552 g/mol. The fraction of sp³-hybridized carbons (Fsp3) is 0.842. The van der Waals surface area contributed by atoms with E-state index in [0.717, 1.165) is 50.7 Å². The standard InChI is InChI=1S/C18H28O6.2C10H20/c19-13-18(14-20)10-6-4-2-1-3-5-9-17(18,11-7-15(21)22)12-8-16(23)24;2*1-2-4-6-8-10-9-7-5-3-1/h7-8,11-12,19-20H,1-6,9-10,13-14H2,(H,21,22)(H,23,24);2*1-10H2. The van der Waals surface area contributed by atoms with Crippen LogP contribution in [0.25, 0.3) is 0 Å². The third kappa shape index (κ3) is 18.3. The maximum Gasteiger partial charge on any atom is 0.328 e. The molecule has 3 aliphatic carbocycles. The lowest BCUT2D eigenvalue weighted by Gasteiger charge is -2.46. The van der Waals surface area contributed by atoms with Crippen LogP contribution in [-0.4, -0.2) is 45.6 Å². The molecule has 0 aliphatic heterocycles. The van der Waals surface area contributed by atoms with E-state index in [0.29, 0.717) is 12.8 Å². The molecule has 0 amide bonds. The Kier molecular flexibility index (Phi) is 24.4. The van der Waals surface area contributed by atoms with E-state index in [9.17, 15) is 19.8 Å². The predicted molar refractivity (Wildman–Crippen MR) is 182 cm³/mol. The number of hydrogen-bond acceptors (Lipinski definition) is 4. The molecule has 0 atom stereocenters. The van der Waals surface area contributed by atoms with Crippen molar-refractivity contribution in [1.82, 2.24) is 0 Å². The zero-order chi connectivity index (χ0) is 32.2. The Morgan fingerprint density at radius 1 is 0.409 bits per heavy atom. The zero-order valence-corrected chi connectivity index (χ0v) is 28.1. The summed E-state index contributed by atoms with van der Waals surface area (Å²) in [5.74, 6) is -2.28. The van der Waals surface area contributed by atoms with E-state index in [1.54, 1.807) is 0 Å². The third-order valence-electron chi connectivity index (χ3n) is 10.1. The van der Waals surface area contributed by atoms with E-state index in [1.165, 1.54) is 141 Å². The second-order valence-electron chi connectivity index (χ2n) is 13.7. The van der Waals surface area contributed by atoms with Crippen molar-refractivity contribution in [3.8, 4) is 0 Å². The molecule has 0 aromatic heterocycles. The average molecular weight is 621 g/mol. The Bertz CT molecular complexity index is 659. The number of carboxylic acid groups (broad SMARTS) is 2. The largest absolute Gasteiger partial charge is 0.478 e. The van der Waals surface area contributed by atoms with Crippen molar-refractivity contribution in [2.24, 2.45) is 10.8 Å². The second kappa shape index (κ2) is 26.5. The van der Waals surface area contributed by atoms with Gasteiger partial charge in [0.2, 0.25) is 0 Å². The highest BCUT2D eigenvalue weighted by atomic mass is 16.4. The van der Waals surface area contributed by atoms with Crippen LogP contribution in [0.15, 0.2) is 24.3 Å². The van der Waals surface area contributed by atoms with E-state index in [-0.39, 0.29) is 13.2 Å². The highest BCUT2D eigenvalue weighted by Gasteiger charge is 2.47. The fourth-order valence-corrected chi connectivity index (χ4v) is 7.14. The number of carbonyl (C=O) groups is 2. The van der Waals surface area contributed by atoms with Gasteiger partial charge in [-0.15, -0.1) is 0 Å². The molecule has 4 N–H and O–H groups in total. The minimum Gasteiger partial charge on any atom is -0.478 e. The van der Waals surface area contributed by atoms with Gasteiger partial charge in [0.05, 0.1) is 13.2 Å². The van der Waals surface area contributed by atoms with Crippen molar-refractivity contribution in [2.75, 3.05) is 13.2 Å². The molecule has 3 saturated carbocycles. The number of carboxylic acids is 2. The van der Waals surface area contributed by atoms with Crippen molar-refractivity contribution < 1.29 is 30.0 Å². The molecule has 0 unspecified atom stereocenters. The molecule has 6 heteroatoms. The van der Waals surface area contributed by atoms with Crippen LogP contribution in [0.4, 0.5) is 0 Å². The number of rotatable bonds is 6. The highest BCUT2D eigenvalue weighted by Crippen LogP contribution is 2.50. The molecule has 256 valence electrons. The molecule has 3 rings (SSSR count).